The first-order valence-corrected chi connectivity index (χ1v) is 14.1. The SMILES string of the molecule is Cc1c(CCC(=O)NC(CSCc2ccccc2)C(=O)O)c(=O)oc2c(C)c3oc4c(c3cc12)CCCC4. The molecular weight excluding hydrogens is 502 g/mol. The van der Waals surface area contributed by atoms with Gasteiger partial charge in [-0.25, -0.2) is 9.59 Å². The van der Waals surface area contributed by atoms with E-state index in [0.717, 1.165) is 64.5 Å². The second-order valence-electron chi connectivity index (χ2n) is 9.92. The zero-order valence-electron chi connectivity index (χ0n) is 21.6. The molecule has 0 saturated heterocycles. The van der Waals surface area contributed by atoms with Gasteiger partial charge in [-0.05, 0) is 56.7 Å². The Balaban J connectivity index is 1.31. The molecule has 0 spiro atoms. The second kappa shape index (κ2) is 11.1. The highest BCUT2D eigenvalue weighted by Gasteiger charge is 2.24. The molecule has 0 aliphatic heterocycles. The fourth-order valence-electron chi connectivity index (χ4n) is 5.25. The first-order valence-electron chi connectivity index (χ1n) is 13.0. The van der Waals surface area contributed by atoms with Gasteiger partial charge in [-0.1, -0.05) is 30.3 Å². The normalized spacial score (nSPS) is 13.9. The standard InChI is InChI=1S/C30H31NO6S/c1-17-20(12-13-26(32)31-24(29(33)34)16-38-15-19-8-4-3-5-9-19)30(35)37-27-18(2)28-23(14-22(17)27)21-10-6-7-11-25(21)36-28/h3-5,8-9,14,24H,6-7,10-13,15-16H2,1-2H3,(H,31,32)(H,33,34). The average molecular weight is 534 g/mol. The second-order valence-corrected chi connectivity index (χ2v) is 10.9. The summed E-state index contributed by atoms with van der Waals surface area (Å²) in [7, 11) is 0. The minimum absolute atomic E-state index is 0.00737. The summed E-state index contributed by atoms with van der Waals surface area (Å²) in [6.45, 7) is 3.79. The summed E-state index contributed by atoms with van der Waals surface area (Å²) in [5, 5.41) is 14.1. The Kier molecular flexibility index (Phi) is 7.61. The first-order chi connectivity index (χ1) is 18.3. The molecule has 5 rings (SSSR count). The molecule has 2 aromatic heterocycles. The van der Waals surface area contributed by atoms with Crippen LogP contribution in [0.15, 0.2) is 50.0 Å². The van der Waals surface area contributed by atoms with Gasteiger partial charge < -0.3 is 19.3 Å². The van der Waals surface area contributed by atoms with Gasteiger partial charge in [-0.15, -0.1) is 0 Å². The van der Waals surface area contributed by atoms with Crippen molar-refractivity contribution in [2.24, 2.45) is 0 Å². The number of carboxylic acids is 1. The van der Waals surface area contributed by atoms with Crippen molar-refractivity contribution in [2.75, 3.05) is 5.75 Å². The van der Waals surface area contributed by atoms with Crippen LogP contribution in [0.25, 0.3) is 21.9 Å². The molecule has 0 fully saturated rings. The number of benzene rings is 2. The fraction of sp³-hybridized carbons (Fsp3) is 0.367. The van der Waals surface area contributed by atoms with E-state index < -0.39 is 23.5 Å². The molecule has 0 saturated carbocycles. The van der Waals surface area contributed by atoms with Gasteiger partial charge in [0.05, 0.1) is 0 Å². The van der Waals surface area contributed by atoms with Crippen LogP contribution in [-0.2, 0) is 34.6 Å². The van der Waals surface area contributed by atoms with Gasteiger partial charge in [0.15, 0.2) is 0 Å². The van der Waals surface area contributed by atoms with Gasteiger partial charge in [-0.3, -0.25) is 4.79 Å². The molecule has 2 N–H and O–H groups in total. The summed E-state index contributed by atoms with van der Waals surface area (Å²) >= 11 is 1.45. The van der Waals surface area contributed by atoms with E-state index in [1.54, 1.807) is 0 Å². The molecule has 1 aliphatic carbocycles. The van der Waals surface area contributed by atoms with E-state index in [-0.39, 0.29) is 18.6 Å². The van der Waals surface area contributed by atoms with E-state index in [2.05, 4.69) is 11.4 Å². The van der Waals surface area contributed by atoms with Crippen LogP contribution in [0.1, 0.15) is 52.8 Å². The number of hydrogen-bond acceptors (Lipinski definition) is 6. The van der Waals surface area contributed by atoms with Gasteiger partial charge in [0.1, 0.15) is 23.0 Å². The maximum absolute atomic E-state index is 12.9. The zero-order valence-corrected chi connectivity index (χ0v) is 22.4. The Morgan fingerprint density at radius 3 is 2.53 bits per heavy atom. The van der Waals surface area contributed by atoms with Gasteiger partial charge in [-0.2, -0.15) is 11.8 Å². The Morgan fingerprint density at radius 2 is 1.76 bits per heavy atom. The van der Waals surface area contributed by atoms with Crippen molar-refractivity contribution in [1.29, 1.82) is 0 Å². The van der Waals surface area contributed by atoms with Crippen molar-refractivity contribution in [3.8, 4) is 0 Å². The molecule has 1 atom stereocenters. The molecule has 0 bridgehead atoms. The van der Waals surface area contributed by atoms with E-state index in [4.69, 9.17) is 8.83 Å². The average Bonchev–Trinajstić information content (AvgIpc) is 3.28. The third-order valence-electron chi connectivity index (χ3n) is 7.36. The van der Waals surface area contributed by atoms with E-state index in [0.29, 0.717) is 16.9 Å². The molecule has 1 unspecified atom stereocenters. The number of thioether (sulfide) groups is 1. The Morgan fingerprint density at radius 1 is 1.03 bits per heavy atom. The number of rotatable bonds is 9. The number of aliphatic carboxylic acids is 1. The number of fused-ring (bicyclic) bond motifs is 4. The number of carbonyl (C=O) groups excluding carboxylic acids is 1. The predicted octanol–water partition coefficient (Wildman–Crippen LogP) is 5.47. The maximum atomic E-state index is 12.9. The molecular formula is C30H31NO6S. The lowest BCUT2D eigenvalue weighted by atomic mass is 9.93. The molecule has 7 nitrogen and oxygen atoms in total. The van der Waals surface area contributed by atoms with E-state index >= 15 is 0 Å². The molecule has 1 aliphatic rings. The molecule has 8 heteroatoms. The summed E-state index contributed by atoms with van der Waals surface area (Å²) in [5.74, 6) is 0.439. The number of nitrogens with one attached hydrogen (secondary N) is 1. The van der Waals surface area contributed by atoms with Crippen molar-refractivity contribution < 1.29 is 23.5 Å². The minimum atomic E-state index is -1.08. The molecule has 1 amide bonds. The first kappa shape index (κ1) is 26.1. The quantitative estimate of drug-likeness (QED) is 0.275. The molecule has 4 aromatic rings. The number of carbonyl (C=O) groups is 2. The van der Waals surface area contributed by atoms with Crippen molar-refractivity contribution in [1.82, 2.24) is 5.32 Å². The summed E-state index contributed by atoms with van der Waals surface area (Å²) in [6.07, 6.45) is 4.30. The van der Waals surface area contributed by atoms with Crippen LogP contribution in [-0.4, -0.2) is 28.8 Å². The minimum Gasteiger partial charge on any atom is -0.480 e. The third kappa shape index (κ3) is 5.23. The fourth-order valence-corrected chi connectivity index (χ4v) is 6.26. The maximum Gasteiger partial charge on any atom is 0.339 e. The van der Waals surface area contributed by atoms with Crippen molar-refractivity contribution in [3.05, 3.63) is 80.4 Å². The van der Waals surface area contributed by atoms with Gasteiger partial charge >= 0.3 is 11.6 Å². The molecule has 38 heavy (non-hydrogen) atoms. The number of furan rings is 1. The lowest BCUT2D eigenvalue weighted by Gasteiger charge is -2.15. The van der Waals surface area contributed by atoms with Gasteiger partial charge in [0.25, 0.3) is 0 Å². The van der Waals surface area contributed by atoms with Gasteiger partial charge in [0.2, 0.25) is 5.91 Å². The highest BCUT2D eigenvalue weighted by atomic mass is 32.2. The topological polar surface area (TPSA) is 110 Å². The molecule has 0 radical (unpaired) electrons. The van der Waals surface area contributed by atoms with E-state index in [9.17, 15) is 19.5 Å². The number of aryl methyl sites for hydroxylation is 4. The zero-order chi connectivity index (χ0) is 26.8. The van der Waals surface area contributed by atoms with E-state index in [1.807, 2.05) is 44.2 Å². The monoisotopic (exact) mass is 533 g/mol. The smallest absolute Gasteiger partial charge is 0.339 e. The van der Waals surface area contributed by atoms with E-state index in [1.165, 1.54) is 17.3 Å². The van der Waals surface area contributed by atoms with Crippen molar-refractivity contribution in [3.63, 3.8) is 0 Å². The third-order valence-corrected chi connectivity index (χ3v) is 8.46. The predicted molar refractivity (Wildman–Crippen MR) is 149 cm³/mol. The highest BCUT2D eigenvalue weighted by molar-refractivity contribution is 7.98. The number of hydrogen-bond donors (Lipinski definition) is 2. The lowest BCUT2D eigenvalue weighted by molar-refractivity contribution is -0.141. The largest absolute Gasteiger partial charge is 0.480 e. The Bertz CT molecular complexity index is 1570. The lowest BCUT2D eigenvalue weighted by Crippen LogP contribution is -2.42. The summed E-state index contributed by atoms with van der Waals surface area (Å²) in [5.41, 5.74) is 5.19. The van der Waals surface area contributed by atoms with Gasteiger partial charge in [0, 0.05) is 51.8 Å². The molecule has 198 valence electrons. The van der Waals surface area contributed by atoms with Crippen LogP contribution in [0.5, 0.6) is 0 Å². The molecule has 2 heterocycles. The van der Waals surface area contributed by atoms with Crippen LogP contribution in [0, 0.1) is 13.8 Å². The molecule has 2 aromatic carbocycles. The van der Waals surface area contributed by atoms with Crippen LogP contribution < -0.4 is 10.9 Å². The van der Waals surface area contributed by atoms with Crippen LogP contribution in [0.2, 0.25) is 0 Å². The van der Waals surface area contributed by atoms with Crippen molar-refractivity contribution in [2.45, 2.75) is 64.2 Å². The summed E-state index contributed by atoms with van der Waals surface area (Å²) < 4.78 is 11.9. The number of amides is 1. The Labute approximate surface area is 224 Å². The number of carboxylic acid groups (broad SMARTS) is 1. The summed E-state index contributed by atoms with van der Waals surface area (Å²) in [4.78, 5) is 37.3. The van der Waals surface area contributed by atoms with Crippen LogP contribution >= 0.6 is 11.8 Å². The highest BCUT2D eigenvalue weighted by Crippen LogP contribution is 2.38. The Hall–Kier alpha value is -3.52. The van der Waals surface area contributed by atoms with Crippen LogP contribution in [0.4, 0.5) is 0 Å². The summed E-state index contributed by atoms with van der Waals surface area (Å²) in [6, 6.07) is 10.8. The van der Waals surface area contributed by atoms with Crippen molar-refractivity contribution >= 4 is 45.6 Å². The van der Waals surface area contributed by atoms with Crippen LogP contribution in [0.3, 0.4) is 0 Å².